The van der Waals surface area contributed by atoms with Crippen LogP contribution < -0.4 is 5.73 Å². The molecule has 1 saturated heterocycles. The van der Waals surface area contributed by atoms with Crippen LogP contribution >= 0.6 is 0 Å². The van der Waals surface area contributed by atoms with Crippen molar-refractivity contribution in [2.45, 2.75) is 38.4 Å². The van der Waals surface area contributed by atoms with Crippen molar-refractivity contribution < 1.29 is 24.5 Å². The number of hydrogen-bond acceptors (Lipinski definition) is 9. The van der Waals surface area contributed by atoms with Gasteiger partial charge in [-0.1, -0.05) is 13.8 Å². The average molecular weight is 337 g/mol. The second-order valence-electron chi connectivity index (χ2n) is 5.91. The number of aromatic nitrogens is 4. The molecule has 4 atom stereocenters. The second kappa shape index (κ2) is 6.30. The van der Waals surface area contributed by atoms with Crippen molar-refractivity contribution in [1.29, 1.82) is 0 Å². The summed E-state index contributed by atoms with van der Waals surface area (Å²) in [4.78, 5) is 23.6. The molecule has 130 valence electrons. The minimum absolute atomic E-state index is 0.157. The number of aliphatic hydroxyl groups is 2. The fourth-order valence-electron chi connectivity index (χ4n) is 2.48. The van der Waals surface area contributed by atoms with E-state index in [1.165, 1.54) is 17.2 Å². The molecule has 4 N–H and O–H groups in total. The Hall–Kier alpha value is -2.30. The van der Waals surface area contributed by atoms with Crippen molar-refractivity contribution in [3.05, 3.63) is 12.7 Å². The number of nitrogens with zero attached hydrogens (tertiary/aromatic N) is 4. The Kier molecular flexibility index (Phi) is 4.35. The second-order valence-corrected chi connectivity index (χ2v) is 5.91. The fraction of sp³-hybridized carbons (Fsp3) is 0.571. The number of hydrogen-bond donors (Lipinski definition) is 3. The summed E-state index contributed by atoms with van der Waals surface area (Å²) < 4.78 is 12.2. The van der Waals surface area contributed by atoms with Gasteiger partial charge in [0.2, 0.25) is 0 Å². The van der Waals surface area contributed by atoms with Gasteiger partial charge in [0.25, 0.3) is 0 Å². The van der Waals surface area contributed by atoms with Crippen LogP contribution in [0.2, 0.25) is 0 Å². The lowest BCUT2D eigenvalue weighted by molar-refractivity contribution is -0.153. The molecule has 3 rings (SSSR count). The summed E-state index contributed by atoms with van der Waals surface area (Å²) in [6.45, 7) is 3.25. The van der Waals surface area contributed by atoms with Gasteiger partial charge in [0.05, 0.1) is 12.2 Å². The average Bonchev–Trinajstić information content (AvgIpc) is 3.09. The standard InChI is InChI=1S/C14H19N5O5/c1-6(2)14(22)23-3-7-9(20)10(21)13(24-7)19-5-18-8-11(15)16-4-17-12(8)19/h4-7,9-10,13,20-21H,3H2,1-2H3,(H2,15,16,17)/t7-,9-,10-,13-/m1/s1. The molecule has 0 spiro atoms. The summed E-state index contributed by atoms with van der Waals surface area (Å²) in [6, 6.07) is 0. The van der Waals surface area contributed by atoms with Gasteiger partial charge >= 0.3 is 5.97 Å². The van der Waals surface area contributed by atoms with E-state index in [-0.39, 0.29) is 18.3 Å². The summed E-state index contributed by atoms with van der Waals surface area (Å²) in [6.07, 6.45) is -1.56. The van der Waals surface area contributed by atoms with Crippen LogP contribution in [0.15, 0.2) is 12.7 Å². The smallest absolute Gasteiger partial charge is 0.308 e. The number of carbonyl (C=O) groups is 1. The molecule has 10 nitrogen and oxygen atoms in total. The van der Waals surface area contributed by atoms with Crippen LogP contribution in [0.1, 0.15) is 20.1 Å². The van der Waals surface area contributed by atoms with E-state index in [9.17, 15) is 15.0 Å². The number of nitrogen functional groups attached to an aromatic ring is 1. The third-order valence-electron chi connectivity index (χ3n) is 3.86. The highest BCUT2D eigenvalue weighted by atomic mass is 16.6. The first-order valence-electron chi connectivity index (χ1n) is 7.51. The topological polar surface area (TPSA) is 146 Å². The van der Waals surface area contributed by atoms with Gasteiger partial charge in [-0.05, 0) is 0 Å². The molecule has 2 aromatic heterocycles. The Morgan fingerprint density at radius 3 is 2.83 bits per heavy atom. The number of aliphatic hydroxyl groups excluding tert-OH is 2. The van der Waals surface area contributed by atoms with Gasteiger partial charge in [0, 0.05) is 0 Å². The normalized spacial score (nSPS) is 27.0. The molecule has 1 fully saturated rings. The zero-order valence-corrected chi connectivity index (χ0v) is 13.2. The van der Waals surface area contributed by atoms with Gasteiger partial charge in [-0.15, -0.1) is 0 Å². The van der Waals surface area contributed by atoms with Gasteiger partial charge in [0.15, 0.2) is 17.7 Å². The number of ether oxygens (including phenoxy) is 2. The van der Waals surface area contributed by atoms with E-state index < -0.39 is 30.5 Å². The zero-order valence-electron chi connectivity index (χ0n) is 13.2. The lowest BCUT2D eigenvalue weighted by Gasteiger charge is -2.16. The number of imidazole rings is 1. The highest BCUT2D eigenvalue weighted by molar-refractivity contribution is 5.81. The third kappa shape index (κ3) is 2.79. The minimum Gasteiger partial charge on any atom is -0.463 e. The summed E-state index contributed by atoms with van der Waals surface area (Å²) in [5.41, 5.74) is 6.48. The summed E-state index contributed by atoms with van der Waals surface area (Å²) in [5, 5.41) is 20.4. The number of rotatable bonds is 4. The molecule has 0 amide bonds. The lowest BCUT2D eigenvalue weighted by Crippen LogP contribution is -2.34. The molecule has 2 aromatic rings. The maximum absolute atomic E-state index is 11.5. The fourth-order valence-corrected chi connectivity index (χ4v) is 2.48. The van der Waals surface area contributed by atoms with Gasteiger partial charge in [-0.25, -0.2) is 15.0 Å². The molecule has 3 heterocycles. The van der Waals surface area contributed by atoms with Gasteiger partial charge in [-0.2, -0.15) is 0 Å². The summed E-state index contributed by atoms with van der Waals surface area (Å²) in [5.74, 6) is -0.493. The van der Waals surface area contributed by atoms with Crippen LogP contribution in [0.5, 0.6) is 0 Å². The number of anilines is 1. The Morgan fingerprint density at radius 2 is 2.12 bits per heavy atom. The molecule has 10 heteroatoms. The maximum Gasteiger partial charge on any atom is 0.308 e. The zero-order chi connectivity index (χ0) is 17.4. The molecular weight excluding hydrogens is 318 g/mol. The number of carbonyl (C=O) groups excluding carboxylic acids is 1. The van der Waals surface area contributed by atoms with E-state index in [2.05, 4.69) is 15.0 Å². The van der Waals surface area contributed by atoms with Gasteiger partial charge in [0.1, 0.15) is 36.8 Å². The number of esters is 1. The van der Waals surface area contributed by atoms with Crippen LogP contribution in [-0.2, 0) is 14.3 Å². The molecule has 0 bridgehead atoms. The third-order valence-corrected chi connectivity index (χ3v) is 3.86. The molecule has 0 unspecified atom stereocenters. The van der Waals surface area contributed by atoms with Crippen molar-refractivity contribution in [1.82, 2.24) is 19.5 Å². The van der Waals surface area contributed by atoms with E-state index in [0.29, 0.717) is 11.2 Å². The van der Waals surface area contributed by atoms with Crippen LogP contribution in [0.25, 0.3) is 11.2 Å². The van der Waals surface area contributed by atoms with Crippen molar-refractivity contribution in [3.63, 3.8) is 0 Å². The monoisotopic (exact) mass is 337 g/mol. The van der Waals surface area contributed by atoms with Crippen LogP contribution in [0, 0.1) is 5.92 Å². The van der Waals surface area contributed by atoms with Crippen molar-refractivity contribution in [3.8, 4) is 0 Å². The Labute approximate surface area is 137 Å². The van der Waals surface area contributed by atoms with Crippen molar-refractivity contribution >= 4 is 23.0 Å². The molecular formula is C14H19N5O5. The number of fused-ring (bicyclic) bond motifs is 1. The van der Waals surface area contributed by atoms with E-state index in [0.717, 1.165) is 0 Å². The predicted octanol–water partition coefficient (Wildman–Crippen LogP) is -0.773. The van der Waals surface area contributed by atoms with E-state index in [4.69, 9.17) is 15.2 Å². The SMILES string of the molecule is CC(C)C(=O)OC[C@H]1O[C@@H](n2cnc3c(N)ncnc32)[C@H](O)[C@@H]1O. The minimum atomic E-state index is -1.23. The molecule has 0 aliphatic carbocycles. The summed E-state index contributed by atoms with van der Waals surface area (Å²) in [7, 11) is 0. The predicted molar refractivity (Wildman–Crippen MR) is 81.5 cm³/mol. The summed E-state index contributed by atoms with van der Waals surface area (Å²) >= 11 is 0. The Bertz CT molecular complexity index is 748. The molecule has 0 saturated carbocycles. The first kappa shape index (κ1) is 16.6. The van der Waals surface area contributed by atoms with Crippen LogP contribution in [-0.4, -0.2) is 60.6 Å². The maximum atomic E-state index is 11.5. The van der Waals surface area contributed by atoms with Crippen molar-refractivity contribution in [2.24, 2.45) is 5.92 Å². The highest BCUT2D eigenvalue weighted by Gasteiger charge is 2.45. The molecule has 0 radical (unpaired) electrons. The largest absolute Gasteiger partial charge is 0.463 e. The Balaban J connectivity index is 1.79. The first-order valence-corrected chi connectivity index (χ1v) is 7.51. The first-order chi connectivity index (χ1) is 11.4. The molecule has 0 aromatic carbocycles. The molecule has 1 aliphatic rings. The quantitative estimate of drug-likeness (QED) is 0.612. The van der Waals surface area contributed by atoms with Gasteiger partial charge < -0.3 is 25.4 Å². The van der Waals surface area contributed by atoms with Crippen molar-refractivity contribution in [2.75, 3.05) is 12.3 Å². The van der Waals surface area contributed by atoms with Gasteiger partial charge in [-0.3, -0.25) is 9.36 Å². The van der Waals surface area contributed by atoms with E-state index in [1.807, 2.05) is 0 Å². The van der Waals surface area contributed by atoms with Crippen LogP contribution in [0.3, 0.4) is 0 Å². The lowest BCUT2D eigenvalue weighted by atomic mass is 10.1. The number of nitrogens with two attached hydrogens (primary N) is 1. The highest BCUT2D eigenvalue weighted by Crippen LogP contribution is 2.32. The van der Waals surface area contributed by atoms with Crippen LogP contribution in [0.4, 0.5) is 5.82 Å². The molecule has 1 aliphatic heterocycles. The molecule has 24 heavy (non-hydrogen) atoms. The van der Waals surface area contributed by atoms with E-state index >= 15 is 0 Å². The van der Waals surface area contributed by atoms with E-state index in [1.54, 1.807) is 13.8 Å². The Morgan fingerprint density at radius 1 is 1.38 bits per heavy atom.